The summed E-state index contributed by atoms with van der Waals surface area (Å²) < 4.78 is 8.41. The van der Waals surface area contributed by atoms with Gasteiger partial charge in [0.15, 0.2) is 5.78 Å². The second kappa shape index (κ2) is 7.45. The van der Waals surface area contributed by atoms with Crippen molar-refractivity contribution in [1.82, 2.24) is 19.9 Å². The fraction of sp³-hybridized carbons (Fsp3) is 0.381. The van der Waals surface area contributed by atoms with Gasteiger partial charge in [-0.3, -0.25) is 9.59 Å². The first-order chi connectivity index (χ1) is 14.2. The second-order valence-electron chi connectivity index (χ2n) is 8.21. The minimum atomic E-state index is -0.862. The van der Waals surface area contributed by atoms with Crippen molar-refractivity contribution in [3.63, 3.8) is 0 Å². The highest BCUT2D eigenvalue weighted by molar-refractivity contribution is 9.10. The molecule has 2 aromatic rings. The van der Waals surface area contributed by atoms with Gasteiger partial charge >= 0.3 is 0 Å². The molecule has 1 aromatic carbocycles. The Kier molecular flexibility index (Phi) is 5.08. The lowest BCUT2D eigenvalue weighted by molar-refractivity contribution is -0.134. The third kappa shape index (κ3) is 3.57. The summed E-state index contributed by atoms with van der Waals surface area (Å²) in [6, 6.07) is 7.36. The zero-order valence-electron chi connectivity index (χ0n) is 16.6. The Morgan fingerprint density at radius 2 is 2.17 bits per heavy atom. The van der Waals surface area contributed by atoms with Gasteiger partial charge in [0.2, 0.25) is 0 Å². The van der Waals surface area contributed by atoms with Crippen LogP contribution >= 0.6 is 15.9 Å². The molecule has 30 heavy (non-hydrogen) atoms. The Labute approximate surface area is 182 Å². The van der Waals surface area contributed by atoms with Crippen LogP contribution in [0.3, 0.4) is 0 Å². The third-order valence-electron chi connectivity index (χ3n) is 5.48. The number of halogens is 1. The van der Waals surface area contributed by atoms with E-state index in [9.17, 15) is 14.9 Å². The number of rotatable bonds is 2. The Bertz CT molecular complexity index is 1090. The van der Waals surface area contributed by atoms with Crippen molar-refractivity contribution in [3.8, 4) is 11.8 Å². The number of morpholine rings is 1. The SMILES string of the molecule is CC1(C)CC2(C=C(C#N)C1=O)CN(C(=O)c1ccc(Br)cc1-n1ccnn1)CCO2. The van der Waals surface area contributed by atoms with E-state index in [4.69, 9.17) is 4.74 Å². The Hall–Kier alpha value is -2.83. The van der Waals surface area contributed by atoms with E-state index in [1.165, 1.54) is 0 Å². The number of benzene rings is 1. The molecule has 1 unspecified atom stereocenters. The number of hydrogen-bond acceptors (Lipinski definition) is 6. The number of ether oxygens (including phenoxy) is 1. The van der Waals surface area contributed by atoms with Crippen LogP contribution in [0.5, 0.6) is 0 Å². The van der Waals surface area contributed by atoms with Crippen molar-refractivity contribution in [2.24, 2.45) is 5.41 Å². The van der Waals surface area contributed by atoms with Crippen LogP contribution in [0.25, 0.3) is 5.69 Å². The van der Waals surface area contributed by atoms with Gasteiger partial charge in [-0.2, -0.15) is 5.26 Å². The molecule has 154 valence electrons. The fourth-order valence-corrected chi connectivity index (χ4v) is 4.56. The van der Waals surface area contributed by atoms with Gasteiger partial charge in [0, 0.05) is 16.4 Å². The minimum Gasteiger partial charge on any atom is -0.367 e. The maximum atomic E-state index is 13.5. The van der Waals surface area contributed by atoms with Gasteiger partial charge in [0.05, 0.1) is 42.4 Å². The van der Waals surface area contributed by atoms with Crippen molar-refractivity contribution in [2.45, 2.75) is 25.9 Å². The van der Waals surface area contributed by atoms with E-state index in [0.717, 1.165) is 4.47 Å². The standard InChI is InChI=1S/C21H20BrN5O3/c1-20(2)12-21(10-14(11-23)18(20)28)13-26(7-8-30-21)19(29)16-4-3-15(22)9-17(16)27-6-5-24-25-27/h3-6,9-10H,7-8,12-13H2,1-2H3. The second-order valence-corrected chi connectivity index (χ2v) is 9.12. The highest BCUT2D eigenvalue weighted by Crippen LogP contribution is 2.41. The van der Waals surface area contributed by atoms with E-state index in [1.807, 2.05) is 26.0 Å². The van der Waals surface area contributed by atoms with Crippen molar-refractivity contribution in [3.05, 3.63) is 52.3 Å². The van der Waals surface area contributed by atoms with Crippen LogP contribution in [0.1, 0.15) is 30.6 Å². The van der Waals surface area contributed by atoms with E-state index in [2.05, 4.69) is 26.2 Å². The molecule has 0 bridgehead atoms. The first kappa shape index (κ1) is 20.4. The van der Waals surface area contributed by atoms with Gasteiger partial charge in [-0.25, -0.2) is 4.68 Å². The number of hydrogen-bond donors (Lipinski definition) is 0. The number of carbonyl (C=O) groups is 2. The summed E-state index contributed by atoms with van der Waals surface area (Å²) in [6.45, 7) is 4.62. The first-order valence-electron chi connectivity index (χ1n) is 9.52. The molecule has 9 heteroatoms. The van der Waals surface area contributed by atoms with E-state index in [1.54, 1.807) is 40.2 Å². The molecular formula is C21H20BrN5O3. The van der Waals surface area contributed by atoms with E-state index < -0.39 is 11.0 Å². The number of allylic oxidation sites excluding steroid dienone is 1. The summed E-state index contributed by atoms with van der Waals surface area (Å²) in [5.74, 6) is -0.360. The molecule has 0 saturated carbocycles. The summed E-state index contributed by atoms with van der Waals surface area (Å²) in [5.41, 5.74) is -0.419. The molecule has 1 aromatic heterocycles. The largest absolute Gasteiger partial charge is 0.367 e. The van der Waals surface area contributed by atoms with Crippen molar-refractivity contribution >= 4 is 27.6 Å². The quantitative estimate of drug-likeness (QED) is 0.669. The molecule has 0 N–H and O–H groups in total. The lowest BCUT2D eigenvalue weighted by Crippen LogP contribution is -2.57. The predicted molar refractivity (Wildman–Crippen MR) is 111 cm³/mol. The van der Waals surface area contributed by atoms with E-state index in [0.29, 0.717) is 30.8 Å². The normalized spacial score (nSPS) is 23.2. The lowest BCUT2D eigenvalue weighted by Gasteiger charge is -2.46. The first-order valence-corrected chi connectivity index (χ1v) is 10.3. The maximum absolute atomic E-state index is 13.5. The number of Topliss-reactive ketones (excluding diaryl/α,β-unsaturated/α-hetero) is 1. The van der Waals surface area contributed by atoms with Crippen LogP contribution in [-0.4, -0.2) is 56.9 Å². The highest BCUT2D eigenvalue weighted by Gasteiger charge is 2.48. The molecule has 1 aliphatic carbocycles. The molecule has 1 atom stereocenters. The number of aromatic nitrogens is 3. The van der Waals surface area contributed by atoms with E-state index in [-0.39, 0.29) is 23.8 Å². The lowest BCUT2D eigenvalue weighted by atomic mass is 9.69. The van der Waals surface area contributed by atoms with Crippen LogP contribution in [-0.2, 0) is 9.53 Å². The highest BCUT2D eigenvalue weighted by atomic mass is 79.9. The van der Waals surface area contributed by atoms with Crippen LogP contribution in [0.4, 0.5) is 0 Å². The van der Waals surface area contributed by atoms with Gasteiger partial charge in [-0.15, -0.1) is 5.10 Å². The van der Waals surface area contributed by atoms with Crippen LogP contribution in [0.15, 0.2) is 46.7 Å². The molecule has 0 radical (unpaired) electrons. The number of nitrogens with zero attached hydrogens (tertiary/aromatic N) is 5. The molecule has 2 aliphatic rings. The maximum Gasteiger partial charge on any atom is 0.256 e. The van der Waals surface area contributed by atoms with E-state index >= 15 is 0 Å². The van der Waals surface area contributed by atoms with Crippen LogP contribution in [0.2, 0.25) is 0 Å². The topological polar surface area (TPSA) is 101 Å². The van der Waals surface area contributed by atoms with Gasteiger partial charge in [-0.05, 0) is 30.7 Å². The van der Waals surface area contributed by atoms with Gasteiger partial charge in [-0.1, -0.05) is 35.0 Å². The molecule has 1 saturated heterocycles. The predicted octanol–water partition coefficient (Wildman–Crippen LogP) is 2.69. The minimum absolute atomic E-state index is 0.0903. The van der Waals surface area contributed by atoms with Crippen molar-refractivity contribution < 1.29 is 14.3 Å². The molecule has 8 nitrogen and oxygen atoms in total. The van der Waals surface area contributed by atoms with Crippen molar-refractivity contribution in [1.29, 1.82) is 5.26 Å². The Balaban J connectivity index is 1.69. The number of amides is 1. The average Bonchev–Trinajstić information content (AvgIpc) is 3.25. The number of ketones is 1. The molecule has 4 rings (SSSR count). The third-order valence-corrected chi connectivity index (χ3v) is 5.98. The Morgan fingerprint density at radius 1 is 1.37 bits per heavy atom. The zero-order chi connectivity index (χ0) is 21.5. The van der Waals surface area contributed by atoms with Crippen molar-refractivity contribution in [2.75, 3.05) is 19.7 Å². The van der Waals surface area contributed by atoms with Gasteiger partial charge in [0.25, 0.3) is 5.91 Å². The Morgan fingerprint density at radius 3 is 2.87 bits per heavy atom. The van der Waals surface area contributed by atoms with Gasteiger partial charge < -0.3 is 9.64 Å². The smallest absolute Gasteiger partial charge is 0.256 e. The number of nitriles is 1. The molecule has 1 amide bonds. The monoisotopic (exact) mass is 469 g/mol. The summed E-state index contributed by atoms with van der Waals surface area (Å²) in [6.07, 6.45) is 5.23. The molecular weight excluding hydrogens is 450 g/mol. The summed E-state index contributed by atoms with van der Waals surface area (Å²) in [7, 11) is 0. The number of carbonyl (C=O) groups excluding carboxylic acids is 2. The average molecular weight is 470 g/mol. The fourth-order valence-electron chi connectivity index (χ4n) is 4.21. The molecule has 1 spiro atoms. The molecule has 1 fully saturated rings. The van der Waals surface area contributed by atoms with Crippen LogP contribution < -0.4 is 0 Å². The van der Waals surface area contributed by atoms with Gasteiger partial charge in [0.1, 0.15) is 11.7 Å². The summed E-state index contributed by atoms with van der Waals surface area (Å²) in [5, 5.41) is 17.3. The summed E-state index contributed by atoms with van der Waals surface area (Å²) >= 11 is 3.44. The van der Waals surface area contributed by atoms with Crippen LogP contribution in [0, 0.1) is 16.7 Å². The molecule has 1 aliphatic heterocycles. The summed E-state index contributed by atoms with van der Waals surface area (Å²) in [4.78, 5) is 27.7. The zero-order valence-corrected chi connectivity index (χ0v) is 18.2. The molecule has 2 heterocycles.